The van der Waals surface area contributed by atoms with Gasteiger partial charge >= 0.3 is 0 Å². The summed E-state index contributed by atoms with van der Waals surface area (Å²) in [5, 5.41) is 1.20. The third kappa shape index (κ3) is 2.44. The molecule has 4 rings (SSSR count). The topological polar surface area (TPSA) is 34.5 Å². The van der Waals surface area contributed by atoms with Crippen LogP contribution >= 0.6 is 0 Å². The van der Waals surface area contributed by atoms with Crippen molar-refractivity contribution in [1.29, 1.82) is 0 Å². The van der Waals surface area contributed by atoms with Crippen LogP contribution in [0.4, 0.5) is 0 Å². The molecule has 0 radical (unpaired) electrons. The molecule has 122 valence electrons. The van der Waals surface area contributed by atoms with E-state index in [-0.39, 0.29) is 5.91 Å². The second kappa shape index (κ2) is 5.71. The predicted molar refractivity (Wildman–Crippen MR) is 94.4 cm³/mol. The Hall–Kier alpha value is -2.75. The Morgan fingerprint density at radius 3 is 2.88 bits per heavy atom. The Morgan fingerprint density at radius 1 is 1.21 bits per heavy atom. The highest BCUT2D eigenvalue weighted by atomic mass is 16.5. The number of hydrogen-bond donors (Lipinski definition) is 0. The number of ether oxygens (including phenoxy) is 1. The maximum absolute atomic E-state index is 12.8. The number of aryl methyl sites for hydroxylation is 1. The molecule has 0 atom stereocenters. The van der Waals surface area contributed by atoms with Gasteiger partial charge in [-0.05, 0) is 41.3 Å². The van der Waals surface area contributed by atoms with Crippen molar-refractivity contribution >= 4 is 16.8 Å². The maximum atomic E-state index is 12.8. The molecule has 1 aliphatic heterocycles. The molecule has 2 aromatic carbocycles. The van der Waals surface area contributed by atoms with Crippen LogP contribution < -0.4 is 4.74 Å². The maximum Gasteiger partial charge on any atom is 0.253 e. The van der Waals surface area contributed by atoms with Gasteiger partial charge in [0.1, 0.15) is 5.75 Å². The lowest BCUT2D eigenvalue weighted by Gasteiger charge is -2.18. The van der Waals surface area contributed by atoms with Gasteiger partial charge in [-0.15, -0.1) is 0 Å². The molecular formula is C20H20N2O2. The molecule has 0 saturated heterocycles. The standard InChI is InChI=1S/C20H20N2O2/c1-21(13-17-12-14-5-3-4-6-18(14)22(17)2)20(23)16-7-8-19-15(11-16)9-10-24-19/h3-8,11-12H,9-10,13H2,1-2H3. The quantitative estimate of drug-likeness (QED) is 0.741. The minimum absolute atomic E-state index is 0.0370. The first-order chi connectivity index (χ1) is 11.6. The number of fused-ring (bicyclic) bond motifs is 2. The molecule has 1 amide bonds. The van der Waals surface area contributed by atoms with E-state index < -0.39 is 0 Å². The van der Waals surface area contributed by atoms with Crippen molar-refractivity contribution in [2.75, 3.05) is 13.7 Å². The Kier molecular flexibility index (Phi) is 3.53. The number of hydrogen-bond acceptors (Lipinski definition) is 2. The zero-order valence-electron chi connectivity index (χ0n) is 14.0. The summed E-state index contributed by atoms with van der Waals surface area (Å²) in [5.74, 6) is 0.942. The van der Waals surface area contributed by atoms with Gasteiger partial charge in [0.2, 0.25) is 0 Å². The molecule has 24 heavy (non-hydrogen) atoms. The molecule has 0 bridgehead atoms. The lowest BCUT2D eigenvalue weighted by molar-refractivity contribution is 0.0782. The highest BCUT2D eigenvalue weighted by Gasteiger charge is 2.18. The third-order valence-electron chi connectivity index (χ3n) is 4.73. The van der Waals surface area contributed by atoms with Crippen LogP contribution in [0.15, 0.2) is 48.5 Å². The Labute approximate surface area is 141 Å². The summed E-state index contributed by atoms with van der Waals surface area (Å²) in [7, 11) is 3.90. The number of carbonyl (C=O) groups is 1. The molecule has 0 aliphatic carbocycles. The largest absolute Gasteiger partial charge is 0.493 e. The Morgan fingerprint density at radius 2 is 2.04 bits per heavy atom. The molecule has 4 nitrogen and oxygen atoms in total. The minimum Gasteiger partial charge on any atom is -0.493 e. The van der Waals surface area contributed by atoms with Gasteiger partial charge in [0, 0.05) is 37.3 Å². The van der Waals surface area contributed by atoms with Gasteiger partial charge in [-0.3, -0.25) is 4.79 Å². The van der Waals surface area contributed by atoms with E-state index in [2.05, 4.69) is 22.8 Å². The summed E-state index contributed by atoms with van der Waals surface area (Å²) in [6.45, 7) is 1.29. The fraction of sp³-hybridized carbons (Fsp3) is 0.250. The van der Waals surface area contributed by atoms with E-state index >= 15 is 0 Å². The number of aromatic nitrogens is 1. The average molecular weight is 320 g/mol. The molecule has 0 unspecified atom stereocenters. The summed E-state index contributed by atoms with van der Waals surface area (Å²) < 4.78 is 7.66. The molecule has 1 aliphatic rings. The molecule has 0 spiro atoms. The Balaban J connectivity index is 1.57. The van der Waals surface area contributed by atoms with Crippen molar-refractivity contribution in [3.8, 4) is 5.75 Å². The average Bonchev–Trinajstić information content (AvgIpc) is 3.19. The van der Waals surface area contributed by atoms with E-state index in [9.17, 15) is 4.79 Å². The van der Waals surface area contributed by atoms with Crippen LogP contribution in [-0.4, -0.2) is 29.0 Å². The summed E-state index contributed by atoms with van der Waals surface area (Å²) in [6, 6.07) is 16.1. The van der Waals surface area contributed by atoms with Crippen molar-refractivity contribution in [1.82, 2.24) is 9.47 Å². The molecular weight excluding hydrogens is 300 g/mol. The zero-order chi connectivity index (χ0) is 16.7. The van der Waals surface area contributed by atoms with Crippen LogP contribution in [0, 0.1) is 0 Å². The third-order valence-corrected chi connectivity index (χ3v) is 4.73. The SMILES string of the molecule is CN(Cc1cc2ccccc2n1C)C(=O)c1ccc2c(c1)CCO2. The number of carbonyl (C=O) groups excluding carboxylic acids is 1. The van der Waals surface area contributed by atoms with Crippen molar-refractivity contribution < 1.29 is 9.53 Å². The van der Waals surface area contributed by atoms with Crippen molar-refractivity contribution in [3.63, 3.8) is 0 Å². The normalized spacial score (nSPS) is 12.9. The number of nitrogens with zero attached hydrogens (tertiary/aromatic N) is 2. The van der Waals surface area contributed by atoms with Crippen LogP contribution in [0.3, 0.4) is 0 Å². The second-order valence-electron chi connectivity index (χ2n) is 6.34. The van der Waals surface area contributed by atoms with Gasteiger partial charge < -0.3 is 14.2 Å². The van der Waals surface area contributed by atoms with E-state index in [1.54, 1.807) is 4.90 Å². The number of amides is 1. The molecule has 0 N–H and O–H groups in total. The second-order valence-corrected chi connectivity index (χ2v) is 6.34. The first kappa shape index (κ1) is 14.8. The van der Waals surface area contributed by atoms with Gasteiger partial charge in [-0.1, -0.05) is 18.2 Å². The van der Waals surface area contributed by atoms with E-state index in [4.69, 9.17) is 4.74 Å². The molecule has 0 fully saturated rings. The van der Waals surface area contributed by atoms with E-state index in [0.717, 1.165) is 29.0 Å². The summed E-state index contributed by atoms with van der Waals surface area (Å²) in [6.07, 6.45) is 0.878. The van der Waals surface area contributed by atoms with Crippen molar-refractivity contribution in [3.05, 3.63) is 65.4 Å². The number of rotatable bonds is 3. The lowest BCUT2D eigenvalue weighted by atomic mass is 10.1. The number of benzene rings is 2. The van der Waals surface area contributed by atoms with E-state index in [0.29, 0.717) is 13.2 Å². The first-order valence-corrected chi connectivity index (χ1v) is 8.18. The lowest BCUT2D eigenvalue weighted by Crippen LogP contribution is -2.27. The highest BCUT2D eigenvalue weighted by Crippen LogP contribution is 2.26. The van der Waals surface area contributed by atoms with Crippen molar-refractivity contribution in [2.24, 2.45) is 7.05 Å². The molecule has 2 heterocycles. The van der Waals surface area contributed by atoms with Gasteiger partial charge in [-0.25, -0.2) is 0 Å². The minimum atomic E-state index is 0.0370. The smallest absolute Gasteiger partial charge is 0.253 e. The molecule has 0 saturated carbocycles. The van der Waals surface area contributed by atoms with E-state index in [1.807, 2.05) is 44.4 Å². The van der Waals surface area contributed by atoms with Crippen molar-refractivity contribution in [2.45, 2.75) is 13.0 Å². The fourth-order valence-corrected chi connectivity index (χ4v) is 3.35. The highest BCUT2D eigenvalue weighted by molar-refractivity contribution is 5.94. The first-order valence-electron chi connectivity index (χ1n) is 8.18. The molecule has 1 aromatic heterocycles. The zero-order valence-corrected chi connectivity index (χ0v) is 14.0. The fourth-order valence-electron chi connectivity index (χ4n) is 3.35. The van der Waals surface area contributed by atoms with Gasteiger partial charge in [0.15, 0.2) is 0 Å². The monoisotopic (exact) mass is 320 g/mol. The van der Waals surface area contributed by atoms with Gasteiger partial charge in [-0.2, -0.15) is 0 Å². The van der Waals surface area contributed by atoms with Crippen LogP contribution in [0.5, 0.6) is 5.75 Å². The van der Waals surface area contributed by atoms with Crippen LogP contribution in [0.1, 0.15) is 21.6 Å². The summed E-state index contributed by atoms with van der Waals surface area (Å²) in [4.78, 5) is 14.5. The van der Waals surface area contributed by atoms with Crippen LogP contribution in [0.25, 0.3) is 10.9 Å². The molecule has 3 aromatic rings. The predicted octanol–water partition coefficient (Wildman–Crippen LogP) is 3.39. The van der Waals surface area contributed by atoms with Crippen LogP contribution in [-0.2, 0) is 20.0 Å². The van der Waals surface area contributed by atoms with E-state index in [1.165, 1.54) is 10.9 Å². The number of para-hydroxylation sites is 1. The van der Waals surface area contributed by atoms with Gasteiger partial charge in [0.05, 0.1) is 13.2 Å². The van der Waals surface area contributed by atoms with Gasteiger partial charge in [0.25, 0.3) is 5.91 Å². The van der Waals surface area contributed by atoms with Crippen LogP contribution in [0.2, 0.25) is 0 Å². The summed E-state index contributed by atoms with van der Waals surface area (Å²) >= 11 is 0. The summed E-state index contributed by atoms with van der Waals surface area (Å²) in [5.41, 5.74) is 4.15. The Bertz CT molecular complexity index is 927. The molecule has 4 heteroatoms.